The van der Waals surface area contributed by atoms with E-state index in [9.17, 15) is 9.59 Å². The van der Waals surface area contributed by atoms with Crippen LogP contribution in [0.2, 0.25) is 0 Å². The highest BCUT2D eigenvalue weighted by atomic mass is 32.1. The third kappa shape index (κ3) is 5.07. The van der Waals surface area contributed by atoms with Gasteiger partial charge in [-0.2, -0.15) is 0 Å². The maximum Gasteiger partial charge on any atom is 0.281 e. The number of hydrogen-bond donors (Lipinski definition) is 2. The average Bonchev–Trinajstić information content (AvgIpc) is 3.36. The first-order chi connectivity index (χ1) is 15.4. The molecule has 1 saturated heterocycles. The monoisotopic (exact) mass is 489 g/mol. The van der Waals surface area contributed by atoms with Crippen molar-refractivity contribution in [2.75, 3.05) is 31.2 Å². The number of benzene rings is 1. The smallest absolute Gasteiger partial charge is 0.281 e. The molecular formula is C21H23N5O3S3. The van der Waals surface area contributed by atoms with Gasteiger partial charge in [0.2, 0.25) is 0 Å². The Morgan fingerprint density at radius 2 is 1.88 bits per heavy atom. The summed E-state index contributed by atoms with van der Waals surface area (Å²) in [6.45, 7) is 6.60. The second kappa shape index (κ2) is 9.90. The number of ether oxygens (including phenoxy) is 1. The minimum atomic E-state index is -0.388. The van der Waals surface area contributed by atoms with E-state index in [1.807, 2.05) is 36.6 Å². The number of anilines is 1. The van der Waals surface area contributed by atoms with Crippen LogP contribution in [0.1, 0.15) is 20.9 Å². The Morgan fingerprint density at radius 3 is 2.59 bits per heavy atom. The zero-order valence-electron chi connectivity index (χ0n) is 17.7. The van der Waals surface area contributed by atoms with Gasteiger partial charge >= 0.3 is 0 Å². The Morgan fingerprint density at radius 1 is 1.16 bits per heavy atom. The summed E-state index contributed by atoms with van der Waals surface area (Å²) in [5.74, 6) is -0.752. The van der Waals surface area contributed by atoms with Crippen molar-refractivity contribution in [2.45, 2.75) is 20.4 Å². The molecule has 1 fully saturated rings. The number of hydrazine groups is 1. The number of nitrogens with one attached hydrogen (secondary N) is 2. The Hall–Kier alpha value is -2.60. The van der Waals surface area contributed by atoms with Crippen LogP contribution in [0.25, 0.3) is 11.3 Å². The molecule has 11 heteroatoms. The predicted molar refractivity (Wildman–Crippen MR) is 129 cm³/mol. The molecule has 0 spiro atoms. The zero-order chi connectivity index (χ0) is 22.7. The van der Waals surface area contributed by atoms with Crippen LogP contribution in [0.15, 0.2) is 29.6 Å². The molecule has 0 atom stereocenters. The first-order valence-corrected chi connectivity index (χ1v) is 12.2. The average molecular weight is 490 g/mol. The van der Waals surface area contributed by atoms with Crippen molar-refractivity contribution >= 4 is 51.8 Å². The number of carbonyl (C=O) groups excluding carboxylic acids is 2. The molecule has 3 heterocycles. The number of amides is 2. The fraction of sp³-hybridized carbons (Fsp3) is 0.333. The Balaban J connectivity index is 1.39. The number of hydrogen-bond acceptors (Lipinski definition) is 8. The van der Waals surface area contributed by atoms with Gasteiger partial charge in [-0.15, -0.1) is 11.3 Å². The number of nitrogens with zero attached hydrogens (tertiary/aromatic N) is 3. The van der Waals surface area contributed by atoms with Crippen LogP contribution >= 0.6 is 34.9 Å². The molecule has 2 amide bonds. The summed E-state index contributed by atoms with van der Waals surface area (Å²) in [5, 5.41) is 2.72. The second-order valence-corrected chi connectivity index (χ2v) is 9.83. The van der Waals surface area contributed by atoms with Crippen LogP contribution in [-0.4, -0.2) is 47.7 Å². The van der Waals surface area contributed by atoms with Gasteiger partial charge in [0.1, 0.15) is 11.4 Å². The Labute approximate surface area is 198 Å². The van der Waals surface area contributed by atoms with Crippen molar-refractivity contribution in [3.63, 3.8) is 0 Å². The number of rotatable bonds is 5. The van der Waals surface area contributed by atoms with Crippen molar-refractivity contribution in [1.29, 1.82) is 0 Å². The normalized spacial score (nSPS) is 13.8. The van der Waals surface area contributed by atoms with Gasteiger partial charge in [-0.05, 0) is 31.6 Å². The molecule has 0 saturated carbocycles. The summed E-state index contributed by atoms with van der Waals surface area (Å²) in [6, 6.07) is 8.04. The highest BCUT2D eigenvalue weighted by molar-refractivity contribution is 7.73. The minimum absolute atomic E-state index is 0.00647. The molecule has 2 aromatic heterocycles. The lowest BCUT2D eigenvalue weighted by Gasteiger charge is -2.25. The van der Waals surface area contributed by atoms with Crippen LogP contribution in [0.4, 0.5) is 5.13 Å². The van der Waals surface area contributed by atoms with Crippen LogP contribution in [0.3, 0.4) is 0 Å². The summed E-state index contributed by atoms with van der Waals surface area (Å²) in [4.78, 5) is 32.3. The van der Waals surface area contributed by atoms with Crippen LogP contribution < -0.4 is 15.8 Å². The molecule has 1 aromatic carbocycles. The first kappa shape index (κ1) is 22.6. The highest BCUT2D eigenvalue weighted by Gasteiger charge is 2.21. The van der Waals surface area contributed by atoms with E-state index in [-0.39, 0.29) is 18.4 Å². The van der Waals surface area contributed by atoms with E-state index in [1.165, 1.54) is 22.7 Å². The van der Waals surface area contributed by atoms with Gasteiger partial charge in [0.25, 0.3) is 11.8 Å². The molecule has 168 valence electrons. The SMILES string of the molecule is Cc1ccc(-c2csc(=S)n2CC(=O)NNC(=O)c2sc(N3CCOCC3)nc2C)cc1. The van der Waals surface area contributed by atoms with Crippen molar-refractivity contribution in [3.8, 4) is 11.3 Å². The lowest BCUT2D eigenvalue weighted by atomic mass is 10.1. The highest BCUT2D eigenvalue weighted by Crippen LogP contribution is 2.27. The van der Waals surface area contributed by atoms with Gasteiger partial charge in [0.05, 0.1) is 24.6 Å². The number of aryl methyl sites for hydroxylation is 2. The summed E-state index contributed by atoms with van der Waals surface area (Å²) < 4.78 is 7.72. The first-order valence-electron chi connectivity index (χ1n) is 10.1. The van der Waals surface area contributed by atoms with Crippen LogP contribution in [0, 0.1) is 17.8 Å². The molecule has 1 aliphatic rings. The number of carbonyl (C=O) groups is 2. The Kier molecular flexibility index (Phi) is 6.99. The summed E-state index contributed by atoms with van der Waals surface area (Å²) in [6.07, 6.45) is 0. The lowest BCUT2D eigenvalue weighted by molar-refractivity contribution is -0.122. The van der Waals surface area contributed by atoms with Crippen molar-refractivity contribution in [1.82, 2.24) is 20.4 Å². The van der Waals surface area contributed by atoms with E-state index in [0.29, 0.717) is 27.7 Å². The van der Waals surface area contributed by atoms with E-state index in [0.717, 1.165) is 35.0 Å². The molecule has 0 aliphatic carbocycles. The molecule has 0 unspecified atom stereocenters. The summed E-state index contributed by atoms with van der Waals surface area (Å²) in [5.41, 5.74) is 8.63. The lowest BCUT2D eigenvalue weighted by Crippen LogP contribution is -2.43. The quantitative estimate of drug-likeness (QED) is 0.422. The molecule has 3 aromatic rings. The number of thiazole rings is 2. The van der Waals surface area contributed by atoms with Crippen molar-refractivity contribution in [3.05, 3.63) is 49.7 Å². The molecule has 0 radical (unpaired) electrons. The molecule has 0 bridgehead atoms. The minimum Gasteiger partial charge on any atom is -0.378 e. The topological polar surface area (TPSA) is 88.5 Å². The molecule has 1 aliphatic heterocycles. The molecular weight excluding hydrogens is 466 g/mol. The summed E-state index contributed by atoms with van der Waals surface area (Å²) >= 11 is 8.12. The van der Waals surface area contributed by atoms with Gasteiger partial charge in [-0.25, -0.2) is 4.98 Å². The molecule has 2 N–H and O–H groups in total. The number of morpholine rings is 1. The third-order valence-corrected chi connectivity index (χ3v) is 7.51. The fourth-order valence-corrected chi connectivity index (χ4v) is 5.37. The van der Waals surface area contributed by atoms with E-state index >= 15 is 0 Å². The maximum atomic E-state index is 12.6. The van der Waals surface area contributed by atoms with Crippen LogP contribution in [-0.2, 0) is 16.1 Å². The van der Waals surface area contributed by atoms with Gasteiger partial charge in [-0.3, -0.25) is 20.4 Å². The summed E-state index contributed by atoms with van der Waals surface area (Å²) in [7, 11) is 0. The third-order valence-electron chi connectivity index (χ3n) is 5.02. The van der Waals surface area contributed by atoms with E-state index < -0.39 is 0 Å². The van der Waals surface area contributed by atoms with Crippen molar-refractivity contribution in [2.24, 2.45) is 0 Å². The van der Waals surface area contributed by atoms with Crippen LogP contribution in [0.5, 0.6) is 0 Å². The van der Waals surface area contributed by atoms with Gasteiger partial charge in [0.15, 0.2) is 9.09 Å². The maximum absolute atomic E-state index is 12.6. The fourth-order valence-electron chi connectivity index (χ4n) is 3.28. The Bertz CT molecular complexity index is 1180. The number of aromatic nitrogens is 2. The predicted octanol–water partition coefficient (Wildman–Crippen LogP) is 3.32. The van der Waals surface area contributed by atoms with Gasteiger partial charge < -0.3 is 14.2 Å². The van der Waals surface area contributed by atoms with E-state index in [2.05, 4.69) is 20.7 Å². The molecule has 8 nitrogen and oxygen atoms in total. The standard InChI is InChI=1S/C21H23N5O3S3/c1-13-3-5-15(6-4-13)16-12-31-21(30)26(16)11-17(27)23-24-19(28)18-14(2)22-20(32-18)25-7-9-29-10-8-25/h3-6,12H,7-11H2,1-2H3,(H,23,27)(H,24,28). The molecule has 32 heavy (non-hydrogen) atoms. The molecule has 4 rings (SSSR count). The van der Waals surface area contributed by atoms with E-state index in [4.69, 9.17) is 17.0 Å². The zero-order valence-corrected chi connectivity index (χ0v) is 20.2. The van der Waals surface area contributed by atoms with Crippen molar-refractivity contribution < 1.29 is 14.3 Å². The second-order valence-electron chi connectivity index (χ2n) is 7.35. The largest absolute Gasteiger partial charge is 0.378 e. The van der Waals surface area contributed by atoms with Gasteiger partial charge in [-0.1, -0.05) is 41.2 Å². The van der Waals surface area contributed by atoms with E-state index in [1.54, 1.807) is 11.5 Å². The van der Waals surface area contributed by atoms with Gasteiger partial charge in [0, 0.05) is 18.5 Å².